The summed E-state index contributed by atoms with van der Waals surface area (Å²) in [5.41, 5.74) is 2.82. The zero-order chi connectivity index (χ0) is 22.8. The summed E-state index contributed by atoms with van der Waals surface area (Å²) >= 11 is 5.81. The van der Waals surface area contributed by atoms with Gasteiger partial charge in [-0.25, -0.2) is 8.42 Å². The lowest BCUT2D eigenvalue weighted by molar-refractivity contribution is -0.133. The van der Waals surface area contributed by atoms with Gasteiger partial charge in [0.05, 0.1) is 10.9 Å². The molecule has 1 fully saturated rings. The Kier molecular flexibility index (Phi) is 7.19. The lowest BCUT2D eigenvalue weighted by atomic mass is 9.87. The summed E-state index contributed by atoms with van der Waals surface area (Å²) in [6.45, 7) is 6.31. The molecule has 8 heteroatoms. The van der Waals surface area contributed by atoms with E-state index in [1.165, 1.54) is 31.2 Å². The third kappa shape index (κ3) is 5.53. The van der Waals surface area contributed by atoms with Gasteiger partial charge in [-0.05, 0) is 63.4 Å². The summed E-state index contributed by atoms with van der Waals surface area (Å²) in [7, 11) is -3.84. The molecule has 166 valence electrons. The summed E-state index contributed by atoms with van der Waals surface area (Å²) in [6.07, 6.45) is 1.13. The lowest BCUT2D eigenvalue weighted by Crippen LogP contribution is -2.49. The van der Waals surface area contributed by atoms with Gasteiger partial charge in [0.25, 0.3) is 0 Å². The number of carbonyl (C=O) groups is 2. The van der Waals surface area contributed by atoms with Crippen LogP contribution in [0.2, 0.25) is 5.02 Å². The van der Waals surface area contributed by atoms with Crippen LogP contribution in [0.1, 0.15) is 41.3 Å². The fraction of sp³-hybridized carbons (Fsp3) is 0.391. The van der Waals surface area contributed by atoms with E-state index in [0.717, 1.165) is 16.7 Å². The third-order valence-corrected chi connectivity index (χ3v) is 7.46. The van der Waals surface area contributed by atoms with Crippen LogP contribution in [0.5, 0.6) is 0 Å². The van der Waals surface area contributed by atoms with Crippen molar-refractivity contribution in [1.29, 1.82) is 0 Å². The monoisotopic (exact) mass is 462 g/mol. The molecule has 1 atom stereocenters. The summed E-state index contributed by atoms with van der Waals surface area (Å²) < 4.78 is 27.5. The van der Waals surface area contributed by atoms with Crippen molar-refractivity contribution in [3.8, 4) is 0 Å². The van der Waals surface area contributed by atoms with Gasteiger partial charge in [0.1, 0.15) is 0 Å². The van der Waals surface area contributed by atoms with Crippen LogP contribution in [0.3, 0.4) is 0 Å². The highest BCUT2D eigenvalue weighted by atomic mass is 35.5. The van der Waals surface area contributed by atoms with Crippen molar-refractivity contribution in [2.24, 2.45) is 5.92 Å². The molecule has 0 spiro atoms. The van der Waals surface area contributed by atoms with E-state index in [2.05, 4.69) is 4.72 Å². The second kappa shape index (κ2) is 9.51. The van der Waals surface area contributed by atoms with Crippen molar-refractivity contribution in [3.63, 3.8) is 0 Å². The number of nitrogens with zero attached hydrogens (tertiary/aromatic N) is 1. The average molecular weight is 463 g/mol. The Balaban J connectivity index is 1.59. The maximum atomic E-state index is 12.9. The van der Waals surface area contributed by atoms with Gasteiger partial charge in [0.2, 0.25) is 15.9 Å². The number of sulfonamides is 1. The zero-order valence-electron chi connectivity index (χ0n) is 17.9. The van der Waals surface area contributed by atoms with Crippen LogP contribution in [-0.4, -0.2) is 44.1 Å². The molecule has 1 aliphatic heterocycles. The van der Waals surface area contributed by atoms with Crippen molar-refractivity contribution >= 4 is 33.3 Å². The first-order valence-electron chi connectivity index (χ1n) is 10.3. The first kappa shape index (κ1) is 23.4. The number of amides is 1. The number of halogens is 1. The van der Waals surface area contributed by atoms with Gasteiger partial charge in [0.15, 0.2) is 5.78 Å². The minimum absolute atomic E-state index is 0.0503. The first-order chi connectivity index (χ1) is 14.6. The number of hydrogen-bond acceptors (Lipinski definition) is 4. The molecule has 2 aromatic carbocycles. The van der Waals surface area contributed by atoms with Crippen molar-refractivity contribution < 1.29 is 18.0 Å². The van der Waals surface area contributed by atoms with Crippen LogP contribution in [0.15, 0.2) is 47.4 Å². The smallest absolute Gasteiger partial charge is 0.241 e. The zero-order valence-corrected chi connectivity index (χ0v) is 19.5. The second-order valence-corrected chi connectivity index (χ2v) is 10.2. The van der Waals surface area contributed by atoms with E-state index in [1.807, 2.05) is 32.0 Å². The predicted molar refractivity (Wildman–Crippen MR) is 121 cm³/mol. The Morgan fingerprint density at radius 3 is 2.26 bits per heavy atom. The quantitative estimate of drug-likeness (QED) is 0.663. The summed E-state index contributed by atoms with van der Waals surface area (Å²) in [6, 6.07) is 10.7. The van der Waals surface area contributed by atoms with Gasteiger partial charge < -0.3 is 4.90 Å². The highest BCUT2D eigenvalue weighted by Gasteiger charge is 2.31. The standard InChI is InChI=1S/C23H27ClN2O4S/c1-15-4-9-21(16(2)14-15)22(27)18-10-12-26(13-11-18)23(28)17(3)25-31(29,30)20-7-5-19(24)6-8-20/h4-9,14,17-18,25H,10-13H2,1-3H3/t17-/m0/s1. The Labute approximate surface area is 188 Å². The van der Waals surface area contributed by atoms with Crippen LogP contribution in [0.25, 0.3) is 0 Å². The number of carbonyl (C=O) groups excluding carboxylic acids is 2. The molecule has 0 bridgehead atoms. The molecule has 31 heavy (non-hydrogen) atoms. The van der Waals surface area contributed by atoms with Crippen LogP contribution >= 0.6 is 11.6 Å². The number of benzene rings is 2. The molecule has 1 amide bonds. The molecular formula is C23H27ClN2O4S. The number of nitrogens with one attached hydrogen (secondary N) is 1. The minimum atomic E-state index is -3.84. The van der Waals surface area contributed by atoms with Gasteiger partial charge in [-0.3, -0.25) is 9.59 Å². The molecular weight excluding hydrogens is 436 g/mol. The topological polar surface area (TPSA) is 83.6 Å². The van der Waals surface area contributed by atoms with Crippen molar-refractivity contribution in [2.45, 2.75) is 44.6 Å². The molecule has 1 aliphatic rings. The molecule has 0 radical (unpaired) electrons. The highest BCUT2D eigenvalue weighted by molar-refractivity contribution is 7.89. The Morgan fingerprint density at radius 1 is 1.06 bits per heavy atom. The van der Waals surface area contributed by atoms with Crippen molar-refractivity contribution in [3.05, 3.63) is 64.2 Å². The summed E-state index contributed by atoms with van der Waals surface area (Å²) in [5.74, 6) is -0.317. The van der Waals surface area contributed by atoms with E-state index in [-0.39, 0.29) is 22.5 Å². The Hall–Kier alpha value is -2.22. The molecule has 1 saturated heterocycles. The molecule has 1 N–H and O–H groups in total. The largest absolute Gasteiger partial charge is 0.341 e. The number of hydrogen-bond donors (Lipinski definition) is 1. The molecule has 0 unspecified atom stereocenters. The van der Waals surface area contributed by atoms with Crippen LogP contribution in [-0.2, 0) is 14.8 Å². The number of likely N-dealkylation sites (tertiary alicyclic amines) is 1. The average Bonchev–Trinajstić information content (AvgIpc) is 2.73. The number of Topliss-reactive ketones (excluding diaryl/α,β-unsaturated/α-hetero) is 1. The highest BCUT2D eigenvalue weighted by Crippen LogP contribution is 2.24. The summed E-state index contributed by atoms with van der Waals surface area (Å²) in [4.78, 5) is 27.4. The third-order valence-electron chi connectivity index (χ3n) is 5.65. The molecule has 2 aromatic rings. The van der Waals surface area contributed by atoms with Gasteiger partial charge in [-0.1, -0.05) is 35.4 Å². The van der Waals surface area contributed by atoms with E-state index in [0.29, 0.717) is 31.0 Å². The van der Waals surface area contributed by atoms with E-state index in [9.17, 15) is 18.0 Å². The number of ketones is 1. The van der Waals surface area contributed by atoms with Crippen molar-refractivity contribution in [2.75, 3.05) is 13.1 Å². The number of piperidine rings is 1. The van der Waals surface area contributed by atoms with E-state index in [1.54, 1.807) is 4.90 Å². The molecule has 0 aliphatic carbocycles. The molecule has 0 aromatic heterocycles. The van der Waals surface area contributed by atoms with Crippen LogP contribution in [0.4, 0.5) is 0 Å². The maximum Gasteiger partial charge on any atom is 0.241 e. The van der Waals surface area contributed by atoms with Crippen LogP contribution < -0.4 is 4.72 Å². The SMILES string of the molecule is Cc1ccc(C(=O)C2CCN(C(=O)[C@H](C)NS(=O)(=O)c3ccc(Cl)cc3)CC2)c(C)c1. The first-order valence-corrected chi connectivity index (χ1v) is 12.1. The van der Waals surface area contributed by atoms with Gasteiger partial charge >= 0.3 is 0 Å². The Morgan fingerprint density at radius 2 is 1.68 bits per heavy atom. The van der Waals surface area contributed by atoms with E-state index < -0.39 is 16.1 Å². The van der Waals surface area contributed by atoms with E-state index in [4.69, 9.17) is 11.6 Å². The molecule has 3 rings (SSSR count). The van der Waals surface area contributed by atoms with Crippen LogP contribution in [0, 0.1) is 19.8 Å². The van der Waals surface area contributed by atoms with Gasteiger partial charge in [0, 0.05) is 29.6 Å². The number of aryl methyl sites for hydroxylation is 2. The fourth-order valence-electron chi connectivity index (χ4n) is 3.91. The minimum Gasteiger partial charge on any atom is -0.341 e. The predicted octanol–water partition coefficient (Wildman–Crippen LogP) is 3.75. The molecule has 1 heterocycles. The second-order valence-electron chi connectivity index (χ2n) is 8.08. The van der Waals surface area contributed by atoms with Gasteiger partial charge in [-0.2, -0.15) is 4.72 Å². The molecule has 6 nitrogen and oxygen atoms in total. The maximum absolute atomic E-state index is 12.9. The summed E-state index contributed by atoms with van der Waals surface area (Å²) in [5, 5.41) is 0.432. The lowest BCUT2D eigenvalue weighted by Gasteiger charge is -2.33. The normalized spacial score (nSPS) is 16.2. The van der Waals surface area contributed by atoms with E-state index >= 15 is 0 Å². The molecule has 0 saturated carbocycles. The fourth-order valence-corrected chi connectivity index (χ4v) is 5.23. The Bertz CT molecular complexity index is 1080. The van der Waals surface area contributed by atoms with Crippen molar-refractivity contribution in [1.82, 2.24) is 9.62 Å². The van der Waals surface area contributed by atoms with Gasteiger partial charge in [-0.15, -0.1) is 0 Å². The number of rotatable bonds is 6.